The number of aromatic nitrogens is 1. The number of rotatable bonds is 1. The average Bonchev–Trinajstić information content (AvgIpc) is 2.70. The van der Waals surface area contributed by atoms with E-state index in [0.29, 0.717) is 11.3 Å². The molecule has 1 aromatic rings. The van der Waals surface area contributed by atoms with Crippen LogP contribution in [-0.2, 0) is 17.8 Å². The van der Waals surface area contributed by atoms with Crippen LogP contribution in [0.3, 0.4) is 0 Å². The summed E-state index contributed by atoms with van der Waals surface area (Å²) in [5, 5.41) is 12.3. The highest BCUT2D eigenvalue weighted by atomic mass is 16.6. The number of carboxylic acid groups (broad SMARTS) is 1. The van der Waals surface area contributed by atoms with Gasteiger partial charge in [-0.1, -0.05) is 5.16 Å². The van der Waals surface area contributed by atoms with Crippen LogP contribution in [0.2, 0.25) is 0 Å². The number of carbonyl (C=O) groups is 2. The predicted octanol–water partition coefficient (Wildman–Crippen LogP) is 1.62. The summed E-state index contributed by atoms with van der Waals surface area (Å²) in [5.41, 5.74) is -0.293. The molecule has 0 fully saturated rings. The molecule has 1 N–H and O–H groups in total. The van der Waals surface area contributed by atoms with Crippen LogP contribution in [0.15, 0.2) is 4.52 Å². The van der Waals surface area contributed by atoms with Crippen molar-refractivity contribution in [2.24, 2.45) is 0 Å². The van der Waals surface area contributed by atoms with Gasteiger partial charge in [-0.3, -0.25) is 4.90 Å². The molecule has 7 heteroatoms. The van der Waals surface area contributed by atoms with Crippen LogP contribution in [0, 0.1) is 0 Å². The summed E-state index contributed by atoms with van der Waals surface area (Å²) in [5.74, 6) is -0.760. The summed E-state index contributed by atoms with van der Waals surface area (Å²) in [7, 11) is 0. The van der Waals surface area contributed by atoms with Gasteiger partial charge in [0.15, 0.2) is 11.5 Å². The first-order chi connectivity index (χ1) is 8.28. The van der Waals surface area contributed by atoms with Gasteiger partial charge in [-0.2, -0.15) is 0 Å². The van der Waals surface area contributed by atoms with Gasteiger partial charge in [0, 0.05) is 0 Å². The first-order valence-corrected chi connectivity index (χ1v) is 5.46. The number of hydrogen-bond acceptors (Lipinski definition) is 5. The summed E-state index contributed by atoms with van der Waals surface area (Å²) in [4.78, 5) is 24.1. The van der Waals surface area contributed by atoms with E-state index in [1.165, 1.54) is 4.90 Å². The monoisotopic (exact) mass is 254 g/mol. The van der Waals surface area contributed by atoms with Gasteiger partial charge in [-0.15, -0.1) is 0 Å². The van der Waals surface area contributed by atoms with Gasteiger partial charge in [-0.25, -0.2) is 9.59 Å². The summed E-state index contributed by atoms with van der Waals surface area (Å²) >= 11 is 0. The lowest BCUT2D eigenvalue weighted by molar-refractivity contribution is 0.0228. The van der Waals surface area contributed by atoms with Gasteiger partial charge in [0.05, 0.1) is 18.7 Å². The maximum absolute atomic E-state index is 11.8. The molecule has 2 heterocycles. The second-order valence-corrected chi connectivity index (χ2v) is 5.07. The van der Waals surface area contributed by atoms with Crippen molar-refractivity contribution in [2.45, 2.75) is 39.5 Å². The molecule has 1 aliphatic rings. The summed E-state index contributed by atoms with van der Waals surface area (Å²) in [6, 6.07) is 0. The molecule has 0 radical (unpaired) electrons. The van der Waals surface area contributed by atoms with Crippen molar-refractivity contribution in [1.82, 2.24) is 10.1 Å². The maximum Gasteiger partial charge on any atom is 0.411 e. The van der Waals surface area contributed by atoms with E-state index in [0.717, 1.165) is 0 Å². The van der Waals surface area contributed by atoms with Crippen molar-refractivity contribution in [3.63, 3.8) is 0 Å². The molecular formula is C11H14N2O5. The van der Waals surface area contributed by atoms with E-state index < -0.39 is 17.7 Å². The Bertz CT molecular complexity index is 500. The third-order valence-electron chi connectivity index (χ3n) is 2.41. The van der Waals surface area contributed by atoms with Crippen LogP contribution < -0.4 is 0 Å². The molecule has 0 atom stereocenters. The lowest BCUT2D eigenvalue weighted by atomic mass is 10.2. The second-order valence-electron chi connectivity index (χ2n) is 5.07. The lowest BCUT2D eigenvalue weighted by Crippen LogP contribution is -2.33. The van der Waals surface area contributed by atoms with E-state index in [9.17, 15) is 9.59 Å². The van der Waals surface area contributed by atoms with Gasteiger partial charge in [0.25, 0.3) is 0 Å². The van der Waals surface area contributed by atoms with Gasteiger partial charge >= 0.3 is 12.1 Å². The Morgan fingerprint density at radius 2 is 2.06 bits per heavy atom. The molecule has 1 amide bonds. The van der Waals surface area contributed by atoms with Crippen LogP contribution >= 0.6 is 0 Å². The molecule has 0 aliphatic carbocycles. The molecule has 0 saturated heterocycles. The third-order valence-corrected chi connectivity index (χ3v) is 2.41. The minimum atomic E-state index is -1.16. The van der Waals surface area contributed by atoms with Crippen molar-refractivity contribution in [2.75, 3.05) is 0 Å². The van der Waals surface area contributed by atoms with E-state index in [4.69, 9.17) is 14.4 Å². The number of carbonyl (C=O) groups excluding carboxylic acids is 1. The Balaban J connectivity index is 2.11. The molecule has 2 rings (SSSR count). The fourth-order valence-electron chi connectivity index (χ4n) is 1.67. The zero-order valence-electron chi connectivity index (χ0n) is 10.4. The molecule has 0 aromatic carbocycles. The highest BCUT2D eigenvalue weighted by Gasteiger charge is 2.34. The quantitative estimate of drug-likeness (QED) is 0.818. The lowest BCUT2D eigenvalue weighted by Gasteiger charge is -2.23. The number of amides is 1. The number of fused-ring (bicyclic) bond motifs is 1. The van der Waals surface area contributed by atoms with Crippen molar-refractivity contribution in [3.05, 3.63) is 17.0 Å². The van der Waals surface area contributed by atoms with E-state index in [-0.39, 0.29) is 18.8 Å². The van der Waals surface area contributed by atoms with Crippen LogP contribution in [0.1, 0.15) is 42.6 Å². The second kappa shape index (κ2) is 4.01. The molecular weight excluding hydrogens is 240 g/mol. The van der Waals surface area contributed by atoms with Gasteiger partial charge in [-0.05, 0) is 20.8 Å². The highest BCUT2D eigenvalue weighted by Crippen LogP contribution is 2.27. The Morgan fingerprint density at radius 3 is 2.61 bits per heavy atom. The normalized spacial score (nSPS) is 14.5. The molecule has 1 aliphatic heterocycles. The standard InChI is InChI=1S/C11H14N2O5/c1-11(2,3)17-10(16)13-4-6-7(5-13)18-12-8(6)9(14)15/h4-5H2,1-3H3,(H,14,15). The van der Waals surface area contributed by atoms with Crippen molar-refractivity contribution < 1.29 is 24.0 Å². The number of aromatic carboxylic acids is 1. The maximum atomic E-state index is 11.8. The van der Waals surface area contributed by atoms with Crippen LogP contribution in [0.5, 0.6) is 0 Å². The van der Waals surface area contributed by atoms with Crippen molar-refractivity contribution in [3.8, 4) is 0 Å². The molecule has 0 spiro atoms. The van der Waals surface area contributed by atoms with E-state index >= 15 is 0 Å². The van der Waals surface area contributed by atoms with Gasteiger partial charge in [0.2, 0.25) is 0 Å². The zero-order chi connectivity index (χ0) is 13.5. The van der Waals surface area contributed by atoms with Crippen LogP contribution in [0.25, 0.3) is 0 Å². The summed E-state index contributed by atoms with van der Waals surface area (Å²) in [6.07, 6.45) is -0.495. The number of carboxylic acids is 1. The SMILES string of the molecule is CC(C)(C)OC(=O)N1Cc2onc(C(=O)O)c2C1. The number of nitrogens with zero attached hydrogens (tertiary/aromatic N) is 2. The molecule has 0 unspecified atom stereocenters. The number of hydrogen-bond donors (Lipinski definition) is 1. The Morgan fingerprint density at radius 1 is 1.39 bits per heavy atom. The van der Waals surface area contributed by atoms with Gasteiger partial charge in [0.1, 0.15) is 5.60 Å². The average molecular weight is 254 g/mol. The van der Waals surface area contributed by atoms with Crippen LogP contribution in [-0.4, -0.2) is 32.8 Å². The Hall–Kier alpha value is -2.05. The molecule has 0 bridgehead atoms. The molecule has 7 nitrogen and oxygen atoms in total. The molecule has 98 valence electrons. The number of ether oxygens (including phenoxy) is 1. The highest BCUT2D eigenvalue weighted by molar-refractivity contribution is 5.87. The van der Waals surface area contributed by atoms with E-state index in [2.05, 4.69) is 5.16 Å². The Labute approximate surface area is 103 Å². The Kier molecular flexibility index (Phi) is 2.76. The smallest absolute Gasteiger partial charge is 0.411 e. The first kappa shape index (κ1) is 12.4. The van der Waals surface area contributed by atoms with E-state index in [1.54, 1.807) is 20.8 Å². The predicted molar refractivity (Wildman–Crippen MR) is 58.9 cm³/mol. The topological polar surface area (TPSA) is 92.9 Å². The fourth-order valence-corrected chi connectivity index (χ4v) is 1.67. The largest absolute Gasteiger partial charge is 0.476 e. The van der Waals surface area contributed by atoms with E-state index in [1.807, 2.05) is 0 Å². The van der Waals surface area contributed by atoms with Crippen molar-refractivity contribution >= 4 is 12.1 Å². The molecule has 1 aromatic heterocycles. The first-order valence-electron chi connectivity index (χ1n) is 5.46. The summed E-state index contributed by atoms with van der Waals surface area (Å²) < 4.78 is 10.1. The zero-order valence-corrected chi connectivity index (χ0v) is 10.4. The van der Waals surface area contributed by atoms with Crippen molar-refractivity contribution in [1.29, 1.82) is 0 Å². The molecule has 0 saturated carbocycles. The summed E-state index contributed by atoms with van der Waals surface area (Å²) in [6.45, 7) is 5.63. The minimum Gasteiger partial charge on any atom is -0.476 e. The fraction of sp³-hybridized carbons (Fsp3) is 0.545. The van der Waals surface area contributed by atoms with Crippen LogP contribution in [0.4, 0.5) is 4.79 Å². The van der Waals surface area contributed by atoms with Gasteiger partial charge < -0.3 is 14.4 Å². The third kappa shape index (κ3) is 2.29. The minimum absolute atomic E-state index is 0.143. The molecule has 18 heavy (non-hydrogen) atoms.